The van der Waals surface area contributed by atoms with Crippen molar-refractivity contribution in [1.29, 1.82) is 0 Å². The van der Waals surface area contributed by atoms with Crippen LogP contribution in [0.3, 0.4) is 0 Å². The van der Waals surface area contributed by atoms with E-state index in [-0.39, 0.29) is 23.4 Å². The quantitative estimate of drug-likeness (QED) is 0.513. The average Bonchev–Trinajstić information content (AvgIpc) is 3.29. The molecule has 1 aromatic carbocycles. The number of halogens is 1. The summed E-state index contributed by atoms with van der Waals surface area (Å²) < 4.78 is 1.02. The number of amides is 1. The van der Waals surface area contributed by atoms with Gasteiger partial charge in [0.1, 0.15) is 12.1 Å². The molecule has 3 N–H and O–H groups in total. The van der Waals surface area contributed by atoms with E-state index in [0.29, 0.717) is 19.0 Å². The lowest BCUT2D eigenvalue weighted by molar-refractivity contribution is -0.123. The molecule has 0 unspecified atom stereocenters. The summed E-state index contributed by atoms with van der Waals surface area (Å²) in [7, 11) is 0. The smallest absolute Gasteiger partial charge is 0.229 e. The first-order chi connectivity index (χ1) is 14.8. The topological polar surface area (TPSA) is 78.9 Å². The Morgan fingerprint density at radius 3 is 2.71 bits per heavy atom. The van der Waals surface area contributed by atoms with Crippen molar-refractivity contribution in [1.82, 2.24) is 20.6 Å². The zero-order valence-corrected chi connectivity index (χ0v) is 20.1. The van der Waals surface area contributed by atoms with E-state index in [1.165, 1.54) is 5.56 Å². The van der Waals surface area contributed by atoms with Gasteiger partial charge in [-0.1, -0.05) is 35.0 Å². The number of anilines is 1. The van der Waals surface area contributed by atoms with Gasteiger partial charge in [-0.05, 0) is 63.1 Å². The molecule has 1 aromatic heterocycles. The van der Waals surface area contributed by atoms with Gasteiger partial charge in [-0.2, -0.15) is 0 Å². The molecule has 1 aliphatic heterocycles. The van der Waals surface area contributed by atoms with Gasteiger partial charge >= 0.3 is 0 Å². The maximum atomic E-state index is 13.3. The van der Waals surface area contributed by atoms with E-state index >= 15 is 0 Å². The molecule has 3 atom stereocenters. The molecule has 2 heterocycles. The van der Waals surface area contributed by atoms with Crippen molar-refractivity contribution >= 4 is 27.7 Å². The predicted molar refractivity (Wildman–Crippen MR) is 127 cm³/mol. The van der Waals surface area contributed by atoms with Gasteiger partial charge in [-0.3, -0.25) is 4.79 Å². The van der Waals surface area contributed by atoms with Crippen molar-refractivity contribution in [2.75, 3.05) is 18.4 Å². The van der Waals surface area contributed by atoms with E-state index < -0.39 is 0 Å². The third-order valence-electron chi connectivity index (χ3n) is 6.56. The third-order valence-corrected chi connectivity index (χ3v) is 7.09. The van der Waals surface area contributed by atoms with Crippen LogP contribution in [-0.2, 0) is 11.2 Å². The van der Waals surface area contributed by atoms with E-state index in [0.717, 1.165) is 47.2 Å². The first kappa shape index (κ1) is 22.2. The summed E-state index contributed by atoms with van der Waals surface area (Å²) in [6.45, 7) is 7.82. The maximum Gasteiger partial charge on any atom is 0.229 e. The highest BCUT2D eigenvalue weighted by molar-refractivity contribution is 9.10. The second kappa shape index (κ2) is 9.25. The van der Waals surface area contributed by atoms with Crippen LogP contribution in [0.2, 0.25) is 0 Å². The summed E-state index contributed by atoms with van der Waals surface area (Å²) in [5, 5.41) is 10.2. The van der Waals surface area contributed by atoms with E-state index in [2.05, 4.69) is 62.6 Å². The zero-order chi connectivity index (χ0) is 22.0. The molecule has 0 radical (unpaired) electrons. The molecule has 2 aliphatic rings. The molecule has 4 rings (SSSR count). The Balaban J connectivity index is 1.39. The lowest BCUT2D eigenvalue weighted by atomic mass is 9.89. The Morgan fingerprint density at radius 2 is 2.00 bits per heavy atom. The number of carbonyl (C=O) groups excluding carboxylic acids is 1. The lowest BCUT2D eigenvalue weighted by Crippen LogP contribution is -2.45. The molecule has 31 heavy (non-hydrogen) atoms. The van der Waals surface area contributed by atoms with Crippen molar-refractivity contribution in [3.8, 4) is 0 Å². The lowest BCUT2D eigenvalue weighted by Gasteiger charge is -2.27. The highest BCUT2D eigenvalue weighted by Gasteiger charge is 2.38. The zero-order valence-electron chi connectivity index (χ0n) is 18.5. The summed E-state index contributed by atoms with van der Waals surface area (Å²) in [6, 6.07) is 8.24. The summed E-state index contributed by atoms with van der Waals surface area (Å²) in [4.78, 5) is 22.1. The van der Waals surface area contributed by atoms with Crippen LogP contribution in [0.1, 0.15) is 68.7 Å². The SMILES string of the molecule is C[C@@H]1CCc2ncnc(NCCNC(=O)[C@@H](c3ccc(Br)cc3)[C@@H]3CCC(C)(C)N3)c21. The normalized spacial score (nSPS) is 22.7. The van der Waals surface area contributed by atoms with Gasteiger partial charge in [-0.25, -0.2) is 9.97 Å². The van der Waals surface area contributed by atoms with Crippen LogP contribution >= 0.6 is 15.9 Å². The first-order valence-corrected chi connectivity index (χ1v) is 12.0. The Hall–Kier alpha value is -1.99. The number of nitrogens with zero attached hydrogens (tertiary/aromatic N) is 2. The molecule has 0 bridgehead atoms. The average molecular weight is 486 g/mol. The van der Waals surface area contributed by atoms with Crippen molar-refractivity contribution < 1.29 is 4.79 Å². The molecule has 166 valence electrons. The molecule has 2 aromatic rings. The Morgan fingerprint density at radius 1 is 1.23 bits per heavy atom. The number of carbonyl (C=O) groups is 1. The molecular formula is C24H32BrN5O. The molecule has 1 amide bonds. The minimum atomic E-state index is -0.210. The molecule has 6 nitrogen and oxygen atoms in total. The van der Waals surface area contributed by atoms with Crippen LogP contribution in [0.4, 0.5) is 5.82 Å². The molecule has 1 aliphatic carbocycles. The number of aromatic nitrogens is 2. The minimum Gasteiger partial charge on any atom is -0.368 e. The third kappa shape index (κ3) is 5.09. The van der Waals surface area contributed by atoms with Crippen LogP contribution in [0.15, 0.2) is 35.1 Å². The Labute approximate surface area is 193 Å². The molecule has 1 saturated heterocycles. The maximum absolute atomic E-state index is 13.3. The van der Waals surface area contributed by atoms with E-state index in [1.54, 1.807) is 6.33 Å². The highest BCUT2D eigenvalue weighted by Crippen LogP contribution is 2.35. The fraction of sp³-hybridized carbons (Fsp3) is 0.542. The molecule has 0 saturated carbocycles. The number of hydrogen-bond donors (Lipinski definition) is 3. The van der Waals surface area contributed by atoms with E-state index in [9.17, 15) is 4.79 Å². The van der Waals surface area contributed by atoms with Gasteiger partial charge in [0.15, 0.2) is 0 Å². The molecular weight excluding hydrogens is 454 g/mol. The van der Waals surface area contributed by atoms with Gasteiger partial charge in [0, 0.05) is 40.4 Å². The van der Waals surface area contributed by atoms with Crippen molar-refractivity contribution in [2.24, 2.45) is 0 Å². The fourth-order valence-electron chi connectivity index (χ4n) is 4.91. The largest absolute Gasteiger partial charge is 0.368 e. The number of aryl methyl sites for hydroxylation is 1. The standard InChI is InChI=1S/C24H32BrN5O/c1-15-4-9-18-20(15)22(29-14-28-18)26-12-13-27-23(31)21(16-5-7-17(25)8-6-16)19-10-11-24(2,3)30-19/h5-8,14-15,19,21,30H,4,9-13H2,1-3H3,(H,27,31)(H,26,28,29)/t15-,19+,21+/m1/s1. The first-order valence-electron chi connectivity index (χ1n) is 11.2. The van der Waals surface area contributed by atoms with E-state index in [4.69, 9.17) is 0 Å². The minimum absolute atomic E-state index is 0.0597. The van der Waals surface area contributed by atoms with Crippen molar-refractivity contribution in [2.45, 2.75) is 69.9 Å². The molecule has 0 spiro atoms. The summed E-state index contributed by atoms with van der Waals surface area (Å²) >= 11 is 3.50. The second-order valence-electron chi connectivity index (χ2n) is 9.44. The van der Waals surface area contributed by atoms with Crippen molar-refractivity contribution in [3.63, 3.8) is 0 Å². The summed E-state index contributed by atoms with van der Waals surface area (Å²) in [5.41, 5.74) is 3.49. The number of fused-ring (bicyclic) bond motifs is 1. The molecule has 7 heteroatoms. The van der Waals surface area contributed by atoms with Crippen LogP contribution in [0.25, 0.3) is 0 Å². The van der Waals surface area contributed by atoms with Crippen LogP contribution in [0.5, 0.6) is 0 Å². The Kier molecular flexibility index (Phi) is 6.63. The number of rotatable bonds is 7. The van der Waals surface area contributed by atoms with Gasteiger partial charge < -0.3 is 16.0 Å². The van der Waals surface area contributed by atoms with Crippen LogP contribution < -0.4 is 16.0 Å². The second-order valence-corrected chi connectivity index (χ2v) is 10.4. The van der Waals surface area contributed by atoms with Crippen molar-refractivity contribution in [3.05, 3.63) is 51.9 Å². The fourth-order valence-corrected chi connectivity index (χ4v) is 5.18. The molecule has 1 fully saturated rings. The van der Waals surface area contributed by atoms with Crippen LogP contribution in [0, 0.1) is 0 Å². The Bertz CT molecular complexity index is 930. The van der Waals surface area contributed by atoms with Gasteiger partial charge in [0.25, 0.3) is 0 Å². The number of nitrogens with one attached hydrogen (secondary N) is 3. The number of benzene rings is 1. The number of hydrogen-bond acceptors (Lipinski definition) is 5. The van der Waals surface area contributed by atoms with Crippen LogP contribution in [-0.4, -0.2) is 40.5 Å². The van der Waals surface area contributed by atoms with E-state index in [1.807, 2.05) is 24.3 Å². The summed E-state index contributed by atoms with van der Waals surface area (Å²) in [6.07, 6.45) is 5.83. The summed E-state index contributed by atoms with van der Waals surface area (Å²) in [5.74, 6) is 1.25. The monoisotopic (exact) mass is 485 g/mol. The van der Waals surface area contributed by atoms with Gasteiger partial charge in [0.05, 0.1) is 5.92 Å². The highest BCUT2D eigenvalue weighted by atomic mass is 79.9. The van der Waals surface area contributed by atoms with Gasteiger partial charge in [-0.15, -0.1) is 0 Å². The van der Waals surface area contributed by atoms with Gasteiger partial charge in [0.2, 0.25) is 5.91 Å². The predicted octanol–water partition coefficient (Wildman–Crippen LogP) is 4.13.